The Kier molecular flexibility index (Phi) is 5.59. The zero-order valence-corrected chi connectivity index (χ0v) is 17.7. The summed E-state index contributed by atoms with van der Waals surface area (Å²) in [7, 11) is 1.57. The molecule has 1 aliphatic rings. The molecule has 6 heteroatoms. The summed E-state index contributed by atoms with van der Waals surface area (Å²) >= 11 is 1.68. The summed E-state index contributed by atoms with van der Waals surface area (Å²) in [6.07, 6.45) is 1.07. The van der Waals surface area contributed by atoms with Crippen LogP contribution in [0.1, 0.15) is 22.3 Å². The van der Waals surface area contributed by atoms with E-state index in [1.165, 1.54) is 4.88 Å². The fourth-order valence-corrected chi connectivity index (χ4v) is 4.81. The van der Waals surface area contributed by atoms with Crippen molar-refractivity contribution >= 4 is 23.2 Å². The van der Waals surface area contributed by atoms with Crippen molar-refractivity contribution in [2.24, 2.45) is 11.1 Å². The highest BCUT2D eigenvalue weighted by atomic mass is 32.1. The van der Waals surface area contributed by atoms with Crippen LogP contribution in [0.2, 0.25) is 0 Å². The Bertz CT molecular complexity index is 1060. The number of thiophene rings is 1. The van der Waals surface area contributed by atoms with Gasteiger partial charge in [-0.3, -0.25) is 9.59 Å². The topological polar surface area (TPSA) is 72.6 Å². The van der Waals surface area contributed by atoms with Crippen LogP contribution in [0.15, 0.2) is 66.0 Å². The van der Waals surface area contributed by atoms with Crippen molar-refractivity contribution in [1.82, 2.24) is 4.90 Å². The quantitative estimate of drug-likeness (QED) is 0.655. The first kappa shape index (κ1) is 20.2. The fourth-order valence-electron chi connectivity index (χ4n) is 4.09. The number of hydrogen-bond donors (Lipinski definition) is 1. The maximum atomic E-state index is 13.0. The van der Waals surface area contributed by atoms with Gasteiger partial charge in [0.15, 0.2) is 0 Å². The molecular weight excluding hydrogens is 396 g/mol. The summed E-state index contributed by atoms with van der Waals surface area (Å²) in [5.41, 5.74) is 7.83. The van der Waals surface area contributed by atoms with E-state index in [-0.39, 0.29) is 11.8 Å². The molecule has 1 atom stereocenters. The van der Waals surface area contributed by atoms with Crippen LogP contribution in [0, 0.1) is 5.41 Å². The maximum Gasteiger partial charge on any atom is 0.254 e. The standard InChI is InChI=1S/C24H24N2O3S/c1-29-20-8-3-7-19(14-20)22(27)26-11-10-24(16-26,23(25)28)15-17-5-2-6-18(13-17)21-9-4-12-30-21/h2-9,12-14H,10-11,15-16H2,1H3,(H2,25,28)/t24-/m1/s1. The Balaban J connectivity index is 1.55. The van der Waals surface area contributed by atoms with Gasteiger partial charge in [0.1, 0.15) is 5.75 Å². The third-order valence-electron chi connectivity index (χ3n) is 5.76. The van der Waals surface area contributed by atoms with E-state index in [1.807, 2.05) is 23.6 Å². The second-order valence-electron chi connectivity index (χ2n) is 7.71. The van der Waals surface area contributed by atoms with E-state index in [0.717, 1.165) is 11.1 Å². The number of primary amides is 1. The van der Waals surface area contributed by atoms with Gasteiger partial charge in [-0.25, -0.2) is 0 Å². The SMILES string of the molecule is COc1cccc(C(=O)N2CC[C@](Cc3cccc(-c4cccs4)c3)(C(N)=O)C2)c1. The summed E-state index contributed by atoms with van der Waals surface area (Å²) in [6, 6.07) is 19.4. The van der Waals surface area contributed by atoms with Crippen LogP contribution >= 0.6 is 11.3 Å². The minimum atomic E-state index is -0.761. The van der Waals surface area contributed by atoms with E-state index in [4.69, 9.17) is 10.5 Å². The summed E-state index contributed by atoms with van der Waals surface area (Å²) in [5, 5.41) is 2.05. The minimum Gasteiger partial charge on any atom is -0.497 e. The number of likely N-dealkylation sites (tertiary alicyclic amines) is 1. The number of amides is 2. The zero-order chi connectivity index (χ0) is 21.1. The largest absolute Gasteiger partial charge is 0.497 e. The smallest absolute Gasteiger partial charge is 0.254 e. The molecule has 2 N–H and O–H groups in total. The molecule has 2 aromatic carbocycles. The Morgan fingerprint density at radius 1 is 1.13 bits per heavy atom. The van der Waals surface area contributed by atoms with Crippen molar-refractivity contribution in [3.63, 3.8) is 0 Å². The second kappa shape index (κ2) is 8.32. The van der Waals surface area contributed by atoms with Crippen LogP contribution < -0.4 is 10.5 Å². The fraction of sp³-hybridized carbons (Fsp3) is 0.250. The molecule has 0 unspecified atom stereocenters. The van der Waals surface area contributed by atoms with Crippen LogP contribution in [0.25, 0.3) is 10.4 Å². The highest BCUT2D eigenvalue weighted by Gasteiger charge is 2.45. The lowest BCUT2D eigenvalue weighted by molar-refractivity contribution is -0.126. The molecule has 30 heavy (non-hydrogen) atoms. The van der Waals surface area contributed by atoms with Gasteiger partial charge >= 0.3 is 0 Å². The Morgan fingerprint density at radius 2 is 1.97 bits per heavy atom. The molecule has 5 nitrogen and oxygen atoms in total. The molecule has 0 saturated carbocycles. The Labute approximate surface area is 180 Å². The molecule has 1 saturated heterocycles. The normalized spacial score (nSPS) is 18.4. The van der Waals surface area contributed by atoms with E-state index in [2.05, 4.69) is 18.2 Å². The number of rotatable bonds is 6. The van der Waals surface area contributed by atoms with Gasteiger partial charge in [-0.2, -0.15) is 0 Å². The Hall–Kier alpha value is -3.12. The third-order valence-corrected chi connectivity index (χ3v) is 6.67. The van der Waals surface area contributed by atoms with Crippen molar-refractivity contribution in [3.8, 4) is 16.2 Å². The van der Waals surface area contributed by atoms with Gasteiger partial charge in [0.2, 0.25) is 5.91 Å². The lowest BCUT2D eigenvalue weighted by atomic mass is 9.80. The first-order valence-corrected chi connectivity index (χ1v) is 10.7. The third kappa shape index (κ3) is 3.96. The van der Waals surface area contributed by atoms with Gasteiger partial charge in [0.25, 0.3) is 5.91 Å². The number of carbonyl (C=O) groups is 2. The van der Waals surface area contributed by atoms with Gasteiger partial charge in [0, 0.05) is 23.5 Å². The van der Waals surface area contributed by atoms with Crippen molar-refractivity contribution in [1.29, 1.82) is 0 Å². The lowest BCUT2D eigenvalue weighted by Gasteiger charge is -2.26. The van der Waals surface area contributed by atoms with Crippen molar-refractivity contribution in [3.05, 3.63) is 77.2 Å². The lowest BCUT2D eigenvalue weighted by Crippen LogP contribution is -2.42. The van der Waals surface area contributed by atoms with Crippen molar-refractivity contribution < 1.29 is 14.3 Å². The summed E-state index contributed by atoms with van der Waals surface area (Å²) < 4.78 is 5.22. The first-order valence-electron chi connectivity index (χ1n) is 9.87. The van der Waals surface area contributed by atoms with Crippen LogP contribution in [0.5, 0.6) is 5.75 Å². The monoisotopic (exact) mass is 420 g/mol. The highest BCUT2D eigenvalue weighted by molar-refractivity contribution is 7.13. The van der Waals surface area contributed by atoms with Gasteiger partial charge in [-0.05, 0) is 53.6 Å². The maximum absolute atomic E-state index is 13.0. The van der Waals surface area contributed by atoms with Gasteiger partial charge in [-0.1, -0.05) is 36.4 Å². The number of methoxy groups -OCH3 is 1. The molecule has 154 valence electrons. The van der Waals surface area contributed by atoms with Crippen LogP contribution in [-0.4, -0.2) is 36.9 Å². The average Bonchev–Trinajstić information content (AvgIpc) is 3.45. The van der Waals surface area contributed by atoms with Crippen molar-refractivity contribution in [2.75, 3.05) is 20.2 Å². The molecule has 3 aromatic rings. The van der Waals surface area contributed by atoms with Crippen LogP contribution in [0.4, 0.5) is 0 Å². The number of carbonyl (C=O) groups excluding carboxylic acids is 2. The molecular formula is C24H24N2O3S. The molecule has 0 aliphatic carbocycles. The molecule has 2 amide bonds. The first-order chi connectivity index (χ1) is 14.5. The van der Waals surface area contributed by atoms with E-state index in [0.29, 0.717) is 37.2 Å². The molecule has 4 rings (SSSR count). The van der Waals surface area contributed by atoms with E-state index >= 15 is 0 Å². The van der Waals surface area contributed by atoms with Gasteiger partial charge < -0.3 is 15.4 Å². The predicted octanol–water partition coefficient (Wildman–Crippen LogP) is 3.98. The van der Waals surface area contributed by atoms with Crippen molar-refractivity contribution in [2.45, 2.75) is 12.8 Å². The molecule has 0 spiro atoms. The van der Waals surface area contributed by atoms with Gasteiger partial charge in [-0.15, -0.1) is 11.3 Å². The predicted molar refractivity (Wildman–Crippen MR) is 119 cm³/mol. The molecule has 2 heterocycles. The van der Waals surface area contributed by atoms with E-state index in [1.54, 1.807) is 47.6 Å². The second-order valence-corrected chi connectivity index (χ2v) is 8.66. The summed E-state index contributed by atoms with van der Waals surface area (Å²) in [5.74, 6) is 0.168. The molecule has 1 aromatic heterocycles. The number of nitrogens with zero attached hydrogens (tertiary/aromatic N) is 1. The van der Waals surface area contributed by atoms with E-state index in [9.17, 15) is 9.59 Å². The number of benzene rings is 2. The number of hydrogen-bond acceptors (Lipinski definition) is 4. The van der Waals surface area contributed by atoms with Crippen LogP contribution in [-0.2, 0) is 11.2 Å². The molecule has 0 radical (unpaired) electrons. The highest BCUT2D eigenvalue weighted by Crippen LogP contribution is 2.36. The van der Waals surface area contributed by atoms with E-state index < -0.39 is 5.41 Å². The summed E-state index contributed by atoms with van der Waals surface area (Å²) in [6.45, 7) is 0.825. The molecule has 0 bridgehead atoms. The summed E-state index contributed by atoms with van der Waals surface area (Å²) in [4.78, 5) is 28.4. The zero-order valence-electron chi connectivity index (χ0n) is 16.8. The molecule has 1 fully saturated rings. The number of ether oxygens (including phenoxy) is 1. The number of nitrogens with two attached hydrogens (primary N) is 1. The minimum absolute atomic E-state index is 0.107. The average molecular weight is 421 g/mol. The molecule has 1 aliphatic heterocycles. The van der Waals surface area contributed by atoms with Crippen LogP contribution in [0.3, 0.4) is 0 Å². The Morgan fingerprint density at radius 3 is 2.70 bits per heavy atom. The van der Waals surface area contributed by atoms with Gasteiger partial charge in [0.05, 0.1) is 12.5 Å².